The molecule has 0 bridgehead atoms. The van der Waals surface area contributed by atoms with Gasteiger partial charge in [0.25, 0.3) is 0 Å². The highest BCUT2D eigenvalue weighted by molar-refractivity contribution is 5.74. The molecular formula is C18H25NO2. The van der Waals surface area contributed by atoms with Gasteiger partial charge in [-0.25, -0.2) is 0 Å². The number of aliphatic carboxylic acids is 1. The first-order valence-electron chi connectivity index (χ1n) is 8.11. The maximum Gasteiger partial charge on any atom is 0.320 e. The quantitative estimate of drug-likeness (QED) is 0.924. The molecule has 0 amide bonds. The summed E-state index contributed by atoms with van der Waals surface area (Å²) in [5.41, 5.74) is 3.80. The molecule has 1 aromatic rings. The molecule has 1 aliphatic heterocycles. The van der Waals surface area contributed by atoms with Gasteiger partial charge in [-0.1, -0.05) is 36.6 Å². The van der Waals surface area contributed by atoms with Gasteiger partial charge in [0, 0.05) is 12.6 Å². The Hall–Kier alpha value is -1.35. The minimum Gasteiger partial charge on any atom is -0.480 e. The molecule has 3 atom stereocenters. The molecular weight excluding hydrogens is 262 g/mol. The van der Waals surface area contributed by atoms with E-state index < -0.39 is 5.97 Å². The largest absolute Gasteiger partial charge is 0.480 e. The normalized spacial score (nSPS) is 29.3. The molecule has 21 heavy (non-hydrogen) atoms. The van der Waals surface area contributed by atoms with Crippen molar-refractivity contribution in [1.82, 2.24) is 4.90 Å². The van der Waals surface area contributed by atoms with E-state index in [-0.39, 0.29) is 6.04 Å². The van der Waals surface area contributed by atoms with E-state index in [4.69, 9.17) is 0 Å². The summed E-state index contributed by atoms with van der Waals surface area (Å²) in [6.45, 7) is 5.01. The van der Waals surface area contributed by atoms with E-state index in [1.54, 1.807) is 0 Å². The van der Waals surface area contributed by atoms with E-state index >= 15 is 0 Å². The predicted octanol–water partition coefficient (Wildman–Crippen LogP) is 3.52. The molecule has 1 heterocycles. The van der Waals surface area contributed by atoms with Gasteiger partial charge in [-0.15, -0.1) is 0 Å². The van der Waals surface area contributed by atoms with Crippen molar-refractivity contribution < 1.29 is 9.90 Å². The Bertz CT molecular complexity index is 540. The van der Waals surface area contributed by atoms with E-state index in [1.165, 1.54) is 42.4 Å². The van der Waals surface area contributed by atoms with E-state index in [0.717, 1.165) is 13.0 Å². The zero-order valence-corrected chi connectivity index (χ0v) is 13.0. The van der Waals surface area contributed by atoms with Crippen LogP contribution in [0.15, 0.2) is 18.2 Å². The van der Waals surface area contributed by atoms with Crippen molar-refractivity contribution in [2.75, 3.05) is 0 Å². The molecule has 1 saturated heterocycles. The van der Waals surface area contributed by atoms with Gasteiger partial charge >= 0.3 is 5.97 Å². The average molecular weight is 287 g/mol. The van der Waals surface area contributed by atoms with E-state index in [2.05, 4.69) is 36.9 Å². The number of fused-ring (bicyclic) bond motifs is 1. The molecule has 3 rings (SSSR count). The highest BCUT2D eigenvalue weighted by atomic mass is 16.4. The number of rotatable bonds is 3. The lowest BCUT2D eigenvalue weighted by atomic mass is 9.84. The van der Waals surface area contributed by atoms with Crippen molar-refractivity contribution in [2.24, 2.45) is 5.92 Å². The van der Waals surface area contributed by atoms with Gasteiger partial charge in [-0.05, 0) is 50.2 Å². The Labute approximate surface area is 127 Å². The zero-order valence-electron chi connectivity index (χ0n) is 13.0. The molecule has 1 saturated carbocycles. The summed E-state index contributed by atoms with van der Waals surface area (Å²) in [6.07, 6.45) is 5.73. The second kappa shape index (κ2) is 5.80. The van der Waals surface area contributed by atoms with E-state index in [0.29, 0.717) is 12.0 Å². The van der Waals surface area contributed by atoms with E-state index in [9.17, 15) is 9.90 Å². The number of hydrogen-bond acceptors (Lipinski definition) is 2. The molecule has 3 nitrogen and oxygen atoms in total. The van der Waals surface area contributed by atoms with Crippen LogP contribution >= 0.6 is 0 Å². The minimum absolute atomic E-state index is 0.294. The van der Waals surface area contributed by atoms with Crippen LogP contribution < -0.4 is 0 Å². The lowest BCUT2D eigenvalue weighted by Gasteiger charge is -2.33. The highest BCUT2D eigenvalue weighted by Crippen LogP contribution is 2.40. The molecule has 2 aliphatic rings. The van der Waals surface area contributed by atoms with Crippen molar-refractivity contribution in [3.63, 3.8) is 0 Å². The average Bonchev–Trinajstić information content (AvgIpc) is 2.82. The Morgan fingerprint density at radius 2 is 2.05 bits per heavy atom. The van der Waals surface area contributed by atoms with Crippen LogP contribution in [0.1, 0.15) is 48.8 Å². The van der Waals surface area contributed by atoms with Gasteiger partial charge in [-0.2, -0.15) is 0 Å². The molecule has 114 valence electrons. The number of hydrogen-bond donors (Lipinski definition) is 1. The Balaban J connectivity index is 1.86. The Morgan fingerprint density at radius 1 is 1.29 bits per heavy atom. The maximum atomic E-state index is 11.7. The lowest BCUT2D eigenvalue weighted by Crippen LogP contribution is -2.41. The van der Waals surface area contributed by atoms with Gasteiger partial charge in [0.15, 0.2) is 0 Å². The molecule has 1 aromatic carbocycles. The number of aryl methyl sites for hydroxylation is 2. The summed E-state index contributed by atoms with van der Waals surface area (Å²) in [5, 5.41) is 9.59. The fraction of sp³-hybridized carbons (Fsp3) is 0.611. The van der Waals surface area contributed by atoms with Crippen molar-refractivity contribution in [1.29, 1.82) is 0 Å². The van der Waals surface area contributed by atoms with Gasteiger partial charge < -0.3 is 5.11 Å². The molecule has 0 aromatic heterocycles. The monoisotopic (exact) mass is 287 g/mol. The van der Waals surface area contributed by atoms with E-state index in [1.807, 2.05) is 0 Å². The summed E-state index contributed by atoms with van der Waals surface area (Å²) in [7, 11) is 0. The Morgan fingerprint density at radius 3 is 2.81 bits per heavy atom. The smallest absolute Gasteiger partial charge is 0.320 e. The number of likely N-dealkylation sites (tertiary alicyclic amines) is 1. The first-order valence-corrected chi connectivity index (χ1v) is 8.11. The van der Waals surface area contributed by atoms with Crippen LogP contribution in [0.3, 0.4) is 0 Å². The molecule has 2 fully saturated rings. The first kappa shape index (κ1) is 14.6. The van der Waals surface area contributed by atoms with Crippen LogP contribution in [0.2, 0.25) is 0 Å². The highest BCUT2D eigenvalue weighted by Gasteiger charge is 2.45. The number of carboxylic acids is 1. The van der Waals surface area contributed by atoms with Gasteiger partial charge in [0.2, 0.25) is 0 Å². The number of carboxylic acid groups (broad SMARTS) is 1. The number of nitrogens with zero attached hydrogens (tertiary/aromatic N) is 1. The summed E-state index contributed by atoms with van der Waals surface area (Å²) < 4.78 is 0. The van der Waals surface area contributed by atoms with Crippen molar-refractivity contribution >= 4 is 5.97 Å². The van der Waals surface area contributed by atoms with Crippen LogP contribution in [-0.2, 0) is 11.3 Å². The van der Waals surface area contributed by atoms with Gasteiger partial charge in [-0.3, -0.25) is 9.69 Å². The molecule has 1 N–H and O–H groups in total. The van der Waals surface area contributed by atoms with Gasteiger partial charge in [0.05, 0.1) is 0 Å². The minimum atomic E-state index is -0.644. The van der Waals surface area contributed by atoms with Crippen molar-refractivity contribution in [3.8, 4) is 0 Å². The molecule has 0 radical (unpaired) electrons. The topological polar surface area (TPSA) is 40.5 Å². The van der Waals surface area contributed by atoms with Crippen LogP contribution in [0.25, 0.3) is 0 Å². The molecule has 1 aliphatic carbocycles. The summed E-state index contributed by atoms with van der Waals surface area (Å²) in [4.78, 5) is 13.9. The standard InChI is InChI=1S/C18H25NO2/c1-12-7-8-13(2)15(9-12)11-19-16-6-4-3-5-14(16)10-17(19)18(20)21/h7-9,14,16-17H,3-6,10-11H2,1-2H3,(H,20,21). The number of benzene rings is 1. The summed E-state index contributed by atoms with van der Waals surface area (Å²) >= 11 is 0. The fourth-order valence-electron chi connectivity index (χ4n) is 4.19. The first-order chi connectivity index (χ1) is 10.1. The SMILES string of the molecule is Cc1ccc(C)c(CN2C(C(=O)O)CC3CCCCC32)c1. The lowest BCUT2D eigenvalue weighted by molar-refractivity contribution is -0.142. The molecule has 0 spiro atoms. The third kappa shape index (κ3) is 2.84. The zero-order chi connectivity index (χ0) is 15.0. The number of carbonyl (C=O) groups is 1. The van der Waals surface area contributed by atoms with Crippen molar-refractivity contribution in [3.05, 3.63) is 34.9 Å². The van der Waals surface area contributed by atoms with Crippen LogP contribution in [0.4, 0.5) is 0 Å². The van der Waals surface area contributed by atoms with Crippen LogP contribution in [0.5, 0.6) is 0 Å². The summed E-state index contributed by atoms with van der Waals surface area (Å²) in [5.74, 6) is -0.0559. The van der Waals surface area contributed by atoms with Gasteiger partial charge in [0.1, 0.15) is 6.04 Å². The van der Waals surface area contributed by atoms with Crippen LogP contribution in [-0.4, -0.2) is 28.1 Å². The second-order valence-electron chi connectivity index (χ2n) is 6.80. The third-order valence-corrected chi connectivity index (χ3v) is 5.36. The molecule has 3 unspecified atom stereocenters. The maximum absolute atomic E-state index is 11.7. The third-order valence-electron chi connectivity index (χ3n) is 5.36. The second-order valence-corrected chi connectivity index (χ2v) is 6.80. The predicted molar refractivity (Wildman–Crippen MR) is 83.2 cm³/mol. The van der Waals surface area contributed by atoms with Crippen LogP contribution in [0, 0.1) is 19.8 Å². The molecule has 3 heteroatoms. The Kier molecular flexibility index (Phi) is 4.03. The summed E-state index contributed by atoms with van der Waals surface area (Å²) in [6, 6.07) is 6.66. The fourth-order valence-corrected chi connectivity index (χ4v) is 4.19. The van der Waals surface area contributed by atoms with Crippen molar-refractivity contribution in [2.45, 2.75) is 64.6 Å².